The minimum Gasteiger partial charge on any atom is -0.487 e. The van der Waals surface area contributed by atoms with E-state index in [1.54, 1.807) is 0 Å². The van der Waals surface area contributed by atoms with Crippen LogP contribution in [-0.4, -0.2) is 30.0 Å². The van der Waals surface area contributed by atoms with Crippen molar-refractivity contribution in [2.75, 3.05) is 6.61 Å². The van der Waals surface area contributed by atoms with Crippen molar-refractivity contribution in [1.29, 1.82) is 0 Å². The van der Waals surface area contributed by atoms with Gasteiger partial charge in [-0.2, -0.15) is 8.78 Å². The second-order valence-electron chi connectivity index (χ2n) is 3.36. The number of oxime groups is 1. The topological polar surface area (TPSA) is 67.8 Å². The summed E-state index contributed by atoms with van der Waals surface area (Å²) in [5, 5.41) is 11.1. The molecule has 0 aromatic heterocycles. The fourth-order valence-corrected chi connectivity index (χ4v) is 1.02. The number of ether oxygens (including phenoxy) is 1. The second kappa shape index (κ2) is 5.56. The number of rotatable bonds is 5. The Morgan fingerprint density at radius 1 is 1.33 bits per heavy atom. The van der Waals surface area contributed by atoms with Crippen molar-refractivity contribution in [3.05, 3.63) is 29.8 Å². The Balaban J connectivity index is 2.65. The number of nitrogens with two attached hydrogens (primary N) is 1. The molecule has 0 spiro atoms. The third-order valence-electron chi connectivity index (χ3n) is 2.01. The number of hydrogen-bond donors (Lipinski definition) is 2. The van der Waals surface area contributed by atoms with Gasteiger partial charge >= 0.3 is 12.3 Å². The quantitative estimate of drug-likeness (QED) is 0.282. The number of alkyl halides is 4. The number of halogens is 4. The summed E-state index contributed by atoms with van der Waals surface area (Å²) in [7, 11) is 0. The molecule has 4 nitrogen and oxygen atoms in total. The lowest BCUT2D eigenvalue weighted by atomic mass is 10.2. The fraction of sp³-hybridized carbons (Fsp3) is 0.300. The van der Waals surface area contributed by atoms with E-state index in [2.05, 4.69) is 9.89 Å². The smallest absolute Gasteiger partial charge is 0.340 e. The highest BCUT2D eigenvalue weighted by atomic mass is 19.3. The minimum absolute atomic E-state index is 0.0233. The summed E-state index contributed by atoms with van der Waals surface area (Å²) in [5.41, 5.74) is 5.61. The normalized spacial score (nSPS) is 12.8. The molecule has 0 unspecified atom stereocenters. The first-order valence-electron chi connectivity index (χ1n) is 4.73. The molecule has 8 heteroatoms. The molecule has 1 rings (SSSR count). The molecule has 0 bridgehead atoms. The zero-order valence-corrected chi connectivity index (χ0v) is 8.99. The highest BCUT2D eigenvalue weighted by Gasteiger charge is 2.41. The number of amidine groups is 1. The van der Waals surface area contributed by atoms with Gasteiger partial charge in [0.05, 0.1) is 0 Å². The van der Waals surface area contributed by atoms with E-state index in [1.807, 2.05) is 0 Å². The van der Waals surface area contributed by atoms with Crippen LogP contribution in [0.25, 0.3) is 0 Å². The van der Waals surface area contributed by atoms with E-state index in [0.717, 1.165) is 0 Å². The first kappa shape index (κ1) is 14.1. The summed E-state index contributed by atoms with van der Waals surface area (Å²) >= 11 is 0. The first-order valence-corrected chi connectivity index (χ1v) is 4.73. The third-order valence-corrected chi connectivity index (χ3v) is 2.01. The van der Waals surface area contributed by atoms with Crippen molar-refractivity contribution in [1.82, 2.24) is 0 Å². The van der Waals surface area contributed by atoms with Gasteiger partial charge in [0.1, 0.15) is 5.75 Å². The molecule has 0 radical (unpaired) electrons. The average Bonchev–Trinajstić information content (AvgIpc) is 2.36. The molecule has 3 N–H and O–H groups in total. The van der Waals surface area contributed by atoms with E-state index < -0.39 is 19.0 Å². The van der Waals surface area contributed by atoms with Crippen LogP contribution in [0.15, 0.2) is 29.4 Å². The predicted molar refractivity (Wildman–Crippen MR) is 55.4 cm³/mol. The molecule has 18 heavy (non-hydrogen) atoms. The molecular weight excluding hydrogens is 256 g/mol. The summed E-state index contributed by atoms with van der Waals surface area (Å²) in [6.45, 7) is -1.42. The Morgan fingerprint density at radius 3 is 2.33 bits per heavy atom. The van der Waals surface area contributed by atoms with Crippen LogP contribution in [-0.2, 0) is 0 Å². The zero-order valence-electron chi connectivity index (χ0n) is 8.99. The monoisotopic (exact) mass is 266 g/mol. The van der Waals surface area contributed by atoms with Gasteiger partial charge < -0.3 is 15.7 Å². The Bertz CT molecular complexity index is 420. The molecule has 0 aliphatic rings. The van der Waals surface area contributed by atoms with Crippen molar-refractivity contribution in [3.63, 3.8) is 0 Å². The van der Waals surface area contributed by atoms with Crippen LogP contribution >= 0.6 is 0 Å². The maximum Gasteiger partial charge on any atom is 0.340 e. The summed E-state index contributed by atoms with van der Waals surface area (Å²) in [4.78, 5) is 0. The second-order valence-corrected chi connectivity index (χ2v) is 3.36. The maximum absolute atomic E-state index is 12.5. The van der Waals surface area contributed by atoms with E-state index in [0.29, 0.717) is 5.56 Å². The van der Waals surface area contributed by atoms with Gasteiger partial charge in [-0.25, -0.2) is 8.78 Å². The molecule has 0 amide bonds. The van der Waals surface area contributed by atoms with Crippen LogP contribution in [0.4, 0.5) is 17.6 Å². The summed E-state index contributed by atoms with van der Waals surface area (Å²) in [6, 6.07) is 5.17. The van der Waals surface area contributed by atoms with Gasteiger partial charge in [0.25, 0.3) is 0 Å². The minimum atomic E-state index is -4.20. The molecule has 0 saturated heterocycles. The largest absolute Gasteiger partial charge is 0.487 e. The Hall–Kier alpha value is -1.99. The van der Waals surface area contributed by atoms with Gasteiger partial charge in [-0.15, -0.1) is 0 Å². The highest BCUT2D eigenvalue weighted by molar-refractivity contribution is 5.97. The van der Waals surface area contributed by atoms with Crippen molar-refractivity contribution in [3.8, 4) is 5.75 Å². The van der Waals surface area contributed by atoms with Crippen molar-refractivity contribution in [2.24, 2.45) is 10.9 Å². The molecule has 1 aromatic rings. The lowest BCUT2D eigenvalue weighted by Crippen LogP contribution is -2.33. The highest BCUT2D eigenvalue weighted by Crippen LogP contribution is 2.24. The Labute approximate surface area is 99.7 Å². The first-order chi connectivity index (χ1) is 8.36. The third kappa shape index (κ3) is 3.51. The van der Waals surface area contributed by atoms with Crippen molar-refractivity contribution >= 4 is 5.84 Å². The van der Waals surface area contributed by atoms with Gasteiger partial charge in [-0.3, -0.25) is 0 Å². The van der Waals surface area contributed by atoms with Gasteiger partial charge in [-0.05, 0) is 24.3 Å². The molecule has 0 aliphatic heterocycles. The lowest BCUT2D eigenvalue weighted by Gasteiger charge is -2.15. The van der Waals surface area contributed by atoms with E-state index in [1.165, 1.54) is 24.3 Å². The molecule has 100 valence electrons. The van der Waals surface area contributed by atoms with Crippen LogP contribution in [0.5, 0.6) is 5.75 Å². The standard InChI is InChI=1S/C10H10F4N2O2/c11-9(12)10(13,14)5-18-7-3-1-6(2-4-7)8(15)16-17/h1-4,9,17H,5H2,(H2,15,16). The molecule has 0 aliphatic carbocycles. The molecule has 0 saturated carbocycles. The molecule has 0 fully saturated rings. The van der Waals surface area contributed by atoms with Crippen LogP contribution in [0.3, 0.4) is 0 Å². The average molecular weight is 266 g/mol. The van der Waals surface area contributed by atoms with Crippen LogP contribution in [0.2, 0.25) is 0 Å². The van der Waals surface area contributed by atoms with Crippen molar-refractivity contribution in [2.45, 2.75) is 12.3 Å². The summed E-state index contributed by atoms with van der Waals surface area (Å²) in [6.07, 6.45) is -3.78. The predicted octanol–water partition coefficient (Wildman–Crippen LogP) is 2.06. The molecule has 0 heterocycles. The van der Waals surface area contributed by atoms with Crippen LogP contribution < -0.4 is 10.5 Å². The lowest BCUT2D eigenvalue weighted by molar-refractivity contribution is -0.148. The van der Waals surface area contributed by atoms with Crippen LogP contribution in [0, 0.1) is 0 Å². The Kier molecular flexibility index (Phi) is 4.35. The van der Waals surface area contributed by atoms with E-state index in [9.17, 15) is 17.6 Å². The number of benzene rings is 1. The van der Waals surface area contributed by atoms with Gasteiger partial charge in [-0.1, -0.05) is 5.16 Å². The van der Waals surface area contributed by atoms with E-state index in [-0.39, 0.29) is 11.6 Å². The van der Waals surface area contributed by atoms with E-state index in [4.69, 9.17) is 10.9 Å². The van der Waals surface area contributed by atoms with Crippen molar-refractivity contribution < 1.29 is 27.5 Å². The summed E-state index contributed by atoms with van der Waals surface area (Å²) in [5.74, 6) is -4.39. The number of hydrogen-bond acceptors (Lipinski definition) is 3. The Morgan fingerprint density at radius 2 is 1.89 bits per heavy atom. The van der Waals surface area contributed by atoms with Gasteiger partial charge in [0.15, 0.2) is 12.4 Å². The fourth-order valence-electron chi connectivity index (χ4n) is 1.02. The van der Waals surface area contributed by atoms with Crippen LogP contribution in [0.1, 0.15) is 5.56 Å². The molecular formula is C10H10F4N2O2. The zero-order chi connectivity index (χ0) is 13.8. The van der Waals surface area contributed by atoms with E-state index >= 15 is 0 Å². The SMILES string of the molecule is N/C(=N\O)c1ccc(OCC(F)(F)C(F)F)cc1. The van der Waals surface area contributed by atoms with Gasteiger partial charge in [0.2, 0.25) is 0 Å². The summed E-state index contributed by atoms with van der Waals surface area (Å²) < 4.78 is 53.3. The van der Waals surface area contributed by atoms with Gasteiger partial charge in [0, 0.05) is 5.56 Å². The number of nitrogens with zero attached hydrogens (tertiary/aromatic N) is 1. The molecule has 0 atom stereocenters. The maximum atomic E-state index is 12.5. The molecule has 1 aromatic carbocycles.